The average Bonchev–Trinajstić information content (AvgIpc) is 3.34. The monoisotopic (exact) mass is 339 g/mol. The summed E-state index contributed by atoms with van der Waals surface area (Å²) in [4.78, 5) is 2.50. The smallest absolute Gasteiger partial charge is 0.0804 e. The van der Waals surface area contributed by atoms with Gasteiger partial charge in [-0.2, -0.15) is 5.10 Å². The number of aliphatic hydroxyl groups is 1. The SMILES string of the molecule is CCCC1(CO)CCN(Cc2nn(-c3ccccc3)c3c2CCC3)C1. The van der Waals surface area contributed by atoms with E-state index in [1.807, 2.05) is 0 Å². The molecule has 1 aromatic heterocycles. The molecule has 2 aliphatic rings. The Labute approximate surface area is 150 Å². The normalized spacial score (nSPS) is 23.3. The predicted molar refractivity (Wildman–Crippen MR) is 99.9 cm³/mol. The topological polar surface area (TPSA) is 41.3 Å². The molecule has 1 atom stereocenters. The molecule has 1 aliphatic carbocycles. The van der Waals surface area contributed by atoms with Crippen molar-refractivity contribution in [2.75, 3.05) is 19.7 Å². The maximum atomic E-state index is 9.89. The van der Waals surface area contributed by atoms with Gasteiger partial charge >= 0.3 is 0 Å². The van der Waals surface area contributed by atoms with Gasteiger partial charge in [0.05, 0.1) is 11.4 Å². The molecule has 2 heterocycles. The van der Waals surface area contributed by atoms with E-state index < -0.39 is 0 Å². The minimum atomic E-state index is 0.111. The van der Waals surface area contributed by atoms with E-state index in [4.69, 9.17) is 5.10 Å². The standard InChI is InChI=1S/C21H29N3O/c1-2-11-21(16-25)12-13-23(15-21)14-19-18-9-6-10-20(18)24(22-19)17-7-4-3-5-8-17/h3-5,7-8,25H,2,6,9-16H2,1H3. The second kappa shape index (κ2) is 6.93. The van der Waals surface area contributed by atoms with Crippen LogP contribution >= 0.6 is 0 Å². The van der Waals surface area contributed by atoms with Crippen molar-refractivity contribution in [2.45, 2.75) is 52.0 Å². The lowest BCUT2D eigenvalue weighted by atomic mass is 9.83. The minimum absolute atomic E-state index is 0.111. The summed E-state index contributed by atoms with van der Waals surface area (Å²) in [5.74, 6) is 0. The second-order valence-corrected chi connectivity index (χ2v) is 7.84. The van der Waals surface area contributed by atoms with Crippen LogP contribution in [-0.4, -0.2) is 39.5 Å². The van der Waals surface area contributed by atoms with E-state index in [9.17, 15) is 5.11 Å². The van der Waals surface area contributed by atoms with Gasteiger partial charge in [0, 0.05) is 30.8 Å². The summed E-state index contributed by atoms with van der Waals surface area (Å²) < 4.78 is 2.17. The molecule has 0 bridgehead atoms. The Morgan fingerprint density at radius 3 is 2.80 bits per heavy atom. The van der Waals surface area contributed by atoms with E-state index in [0.29, 0.717) is 6.61 Å². The van der Waals surface area contributed by atoms with Gasteiger partial charge in [0.2, 0.25) is 0 Å². The zero-order valence-corrected chi connectivity index (χ0v) is 15.2. The molecule has 1 fully saturated rings. The summed E-state index contributed by atoms with van der Waals surface area (Å²) in [7, 11) is 0. The molecule has 1 N–H and O–H groups in total. The maximum Gasteiger partial charge on any atom is 0.0804 e. The van der Waals surface area contributed by atoms with Crippen molar-refractivity contribution in [3.05, 3.63) is 47.3 Å². The van der Waals surface area contributed by atoms with Gasteiger partial charge in [0.1, 0.15) is 0 Å². The van der Waals surface area contributed by atoms with E-state index >= 15 is 0 Å². The molecule has 0 saturated carbocycles. The molecule has 2 aromatic rings. The van der Waals surface area contributed by atoms with Crippen LogP contribution in [0, 0.1) is 5.41 Å². The third-order valence-corrected chi connectivity index (χ3v) is 6.02. The molecule has 4 heteroatoms. The van der Waals surface area contributed by atoms with E-state index in [-0.39, 0.29) is 5.41 Å². The molecule has 4 rings (SSSR count). The molecule has 0 spiro atoms. The van der Waals surface area contributed by atoms with Gasteiger partial charge in [-0.05, 0) is 56.3 Å². The molecule has 1 aliphatic heterocycles. The van der Waals surface area contributed by atoms with Crippen molar-refractivity contribution < 1.29 is 5.11 Å². The van der Waals surface area contributed by atoms with Crippen LogP contribution in [0.25, 0.3) is 5.69 Å². The Bertz CT molecular complexity index is 724. The maximum absolute atomic E-state index is 9.89. The first kappa shape index (κ1) is 16.8. The minimum Gasteiger partial charge on any atom is -0.396 e. The van der Waals surface area contributed by atoms with Crippen LogP contribution in [0.1, 0.15) is 49.6 Å². The fourth-order valence-corrected chi connectivity index (χ4v) is 4.74. The molecule has 134 valence electrons. The molecular formula is C21H29N3O. The van der Waals surface area contributed by atoms with Gasteiger partial charge in [-0.1, -0.05) is 31.5 Å². The Kier molecular flexibility index (Phi) is 4.65. The van der Waals surface area contributed by atoms with Crippen molar-refractivity contribution in [2.24, 2.45) is 5.41 Å². The van der Waals surface area contributed by atoms with Crippen LogP contribution in [0.15, 0.2) is 30.3 Å². The van der Waals surface area contributed by atoms with Gasteiger partial charge in [0.15, 0.2) is 0 Å². The molecule has 4 nitrogen and oxygen atoms in total. The summed E-state index contributed by atoms with van der Waals surface area (Å²) >= 11 is 0. The molecule has 25 heavy (non-hydrogen) atoms. The van der Waals surface area contributed by atoms with E-state index in [2.05, 4.69) is 46.8 Å². The highest BCUT2D eigenvalue weighted by atomic mass is 16.3. The quantitative estimate of drug-likeness (QED) is 0.877. The summed E-state index contributed by atoms with van der Waals surface area (Å²) in [6, 6.07) is 10.5. The number of hydrogen-bond acceptors (Lipinski definition) is 3. The predicted octanol–water partition coefficient (Wildman–Crippen LogP) is 3.35. The molecule has 1 unspecified atom stereocenters. The number of benzene rings is 1. The van der Waals surface area contributed by atoms with Crippen LogP contribution in [0.3, 0.4) is 0 Å². The zero-order chi connectivity index (χ0) is 17.3. The third-order valence-electron chi connectivity index (χ3n) is 6.02. The number of nitrogens with zero attached hydrogens (tertiary/aromatic N) is 3. The highest BCUT2D eigenvalue weighted by Gasteiger charge is 2.37. The molecular weight excluding hydrogens is 310 g/mol. The van der Waals surface area contributed by atoms with Gasteiger partial charge in [-0.25, -0.2) is 4.68 Å². The number of hydrogen-bond donors (Lipinski definition) is 1. The number of para-hydroxylation sites is 1. The number of aliphatic hydroxyl groups excluding tert-OH is 1. The van der Waals surface area contributed by atoms with Gasteiger partial charge in [-0.3, -0.25) is 4.90 Å². The van der Waals surface area contributed by atoms with Crippen LogP contribution < -0.4 is 0 Å². The zero-order valence-electron chi connectivity index (χ0n) is 15.2. The number of likely N-dealkylation sites (tertiary alicyclic amines) is 1. The lowest BCUT2D eigenvalue weighted by molar-refractivity contribution is 0.117. The molecule has 1 saturated heterocycles. The first-order valence-electron chi connectivity index (χ1n) is 9.73. The first-order valence-corrected chi connectivity index (χ1v) is 9.73. The highest BCUT2D eigenvalue weighted by Crippen LogP contribution is 2.36. The van der Waals surface area contributed by atoms with Gasteiger partial charge < -0.3 is 5.11 Å². The Hall–Kier alpha value is -1.65. The highest BCUT2D eigenvalue weighted by molar-refractivity contribution is 5.39. The summed E-state index contributed by atoms with van der Waals surface area (Å²) in [6.07, 6.45) is 6.91. The van der Waals surface area contributed by atoms with Gasteiger partial charge in [-0.15, -0.1) is 0 Å². The van der Waals surface area contributed by atoms with Crippen LogP contribution in [-0.2, 0) is 19.4 Å². The number of aromatic nitrogens is 2. The van der Waals surface area contributed by atoms with E-state index in [0.717, 1.165) is 51.7 Å². The van der Waals surface area contributed by atoms with Crippen molar-refractivity contribution in [1.29, 1.82) is 0 Å². The Morgan fingerprint density at radius 2 is 2.04 bits per heavy atom. The van der Waals surface area contributed by atoms with E-state index in [1.54, 1.807) is 0 Å². The Balaban J connectivity index is 1.56. The lowest BCUT2D eigenvalue weighted by Gasteiger charge is -2.26. The van der Waals surface area contributed by atoms with E-state index in [1.165, 1.54) is 29.1 Å². The molecule has 0 amide bonds. The largest absolute Gasteiger partial charge is 0.396 e. The van der Waals surface area contributed by atoms with Crippen LogP contribution in [0.4, 0.5) is 0 Å². The molecule has 1 aromatic carbocycles. The van der Waals surface area contributed by atoms with Crippen molar-refractivity contribution >= 4 is 0 Å². The van der Waals surface area contributed by atoms with Crippen LogP contribution in [0.5, 0.6) is 0 Å². The summed E-state index contributed by atoms with van der Waals surface area (Å²) in [5.41, 5.74) is 5.41. The van der Waals surface area contributed by atoms with Crippen molar-refractivity contribution in [3.8, 4) is 5.69 Å². The van der Waals surface area contributed by atoms with Crippen LogP contribution in [0.2, 0.25) is 0 Å². The summed E-state index contributed by atoms with van der Waals surface area (Å²) in [5, 5.41) is 14.9. The van der Waals surface area contributed by atoms with Crippen molar-refractivity contribution in [3.63, 3.8) is 0 Å². The second-order valence-electron chi connectivity index (χ2n) is 7.84. The number of rotatable bonds is 6. The molecule has 0 radical (unpaired) electrons. The first-order chi connectivity index (χ1) is 12.2. The third kappa shape index (κ3) is 3.13. The fraction of sp³-hybridized carbons (Fsp3) is 0.571. The summed E-state index contributed by atoms with van der Waals surface area (Å²) in [6.45, 7) is 5.54. The van der Waals surface area contributed by atoms with Gasteiger partial charge in [0.25, 0.3) is 0 Å². The average molecular weight is 339 g/mol. The number of fused-ring (bicyclic) bond motifs is 1. The fourth-order valence-electron chi connectivity index (χ4n) is 4.74. The Morgan fingerprint density at radius 1 is 1.20 bits per heavy atom. The lowest BCUT2D eigenvalue weighted by Crippen LogP contribution is -2.30. The van der Waals surface area contributed by atoms with Crippen molar-refractivity contribution in [1.82, 2.24) is 14.7 Å².